The van der Waals surface area contributed by atoms with Crippen molar-refractivity contribution < 1.29 is 10.0 Å². The van der Waals surface area contributed by atoms with Crippen molar-refractivity contribution in [3.05, 3.63) is 140 Å². The predicted molar refractivity (Wildman–Crippen MR) is 170 cm³/mol. The highest BCUT2D eigenvalue weighted by Gasteiger charge is 2.17. The minimum atomic E-state index is -1.53. The number of rotatable bonds is 7. The van der Waals surface area contributed by atoms with Gasteiger partial charge in [0.05, 0.1) is 22.4 Å². The summed E-state index contributed by atoms with van der Waals surface area (Å²) in [5.74, 6) is 0.614. The average molecular weight is 533 g/mol. The van der Waals surface area contributed by atoms with Crippen LogP contribution in [0.4, 0.5) is 0 Å². The van der Waals surface area contributed by atoms with Gasteiger partial charge in [0.15, 0.2) is 5.82 Å². The van der Waals surface area contributed by atoms with Crippen molar-refractivity contribution in [2.45, 2.75) is 6.92 Å². The maximum atomic E-state index is 9.79. The van der Waals surface area contributed by atoms with Gasteiger partial charge in [0, 0.05) is 27.6 Å². The zero-order chi connectivity index (χ0) is 28.3. The summed E-state index contributed by atoms with van der Waals surface area (Å²) < 4.78 is 2.19. The highest BCUT2D eigenvalue weighted by Crippen LogP contribution is 2.33. The van der Waals surface area contributed by atoms with Crippen molar-refractivity contribution in [1.82, 2.24) is 14.5 Å². The second-order valence-corrected chi connectivity index (χ2v) is 9.73. The minimum absolute atomic E-state index is 0.455. The van der Waals surface area contributed by atoms with Gasteiger partial charge in [-0.05, 0) is 48.3 Å². The van der Waals surface area contributed by atoms with E-state index in [1.807, 2.05) is 104 Å². The maximum absolute atomic E-state index is 9.79. The first kappa shape index (κ1) is 26.2. The molecule has 0 aliphatic carbocycles. The van der Waals surface area contributed by atoms with Gasteiger partial charge < -0.3 is 14.6 Å². The summed E-state index contributed by atoms with van der Waals surface area (Å²) >= 11 is 0. The molecule has 4 aromatic carbocycles. The summed E-state index contributed by atoms with van der Waals surface area (Å²) in [6, 6.07) is 33.9. The molecule has 5 nitrogen and oxygen atoms in total. The van der Waals surface area contributed by atoms with Crippen LogP contribution in [0.2, 0.25) is 0 Å². The lowest BCUT2D eigenvalue weighted by Gasteiger charge is -2.12. The Morgan fingerprint density at radius 3 is 2.32 bits per heavy atom. The lowest BCUT2D eigenvalue weighted by Crippen LogP contribution is -2.29. The van der Waals surface area contributed by atoms with Crippen LogP contribution in [0.1, 0.15) is 12.6 Å². The van der Waals surface area contributed by atoms with Gasteiger partial charge >= 0.3 is 7.12 Å². The Bertz CT molecular complexity index is 1960. The molecule has 0 aliphatic heterocycles. The van der Waals surface area contributed by atoms with E-state index in [2.05, 4.69) is 35.4 Å². The first-order chi connectivity index (χ1) is 20.1. The Labute approximate surface area is 239 Å². The van der Waals surface area contributed by atoms with Crippen LogP contribution in [-0.2, 0) is 0 Å². The first-order valence-electron chi connectivity index (χ1n) is 13.5. The first-order valence-corrected chi connectivity index (χ1v) is 13.5. The summed E-state index contributed by atoms with van der Waals surface area (Å²) in [5.41, 5.74) is 7.81. The van der Waals surface area contributed by atoms with Gasteiger partial charge in [0.25, 0.3) is 0 Å². The summed E-state index contributed by atoms with van der Waals surface area (Å²) in [6.45, 7) is 6.00. The van der Waals surface area contributed by atoms with Gasteiger partial charge in [-0.1, -0.05) is 104 Å². The van der Waals surface area contributed by atoms with Gasteiger partial charge in [-0.15, -0.1) is 0 Å². The molecular weight excluding hydrogens is 505 g/mol. The normalized spacial score (nSPS) is 11.9. The van der Waals surface area contributed by atoms with E-state index in [1.165, 1.54) is 0 Å². The van der Waals surface area contributed by atoms with Crippen LogP contribution < -0.4 is 5.46 Å². The zero-order valence-corrected chi connectivity index (χ0v) is 22.6. The van der Waals surface area contributed by atoms with Crippen LogP contribution in [0.3, 0.4) is 0 Å². The summed E-state index contributed by atoms with van der Waals surface area (Å²) in [7, 11) is -1.53. The van der Waals surface area contributed by atoms with E-state index in [1.54, 1.807) is 6.07 Å². The number of aromatic nitrogens is 3. The molecule has 2 N–H and O–H groups in total. The third kappa shape index (κ3) is 5.02. The van der Waals surface area contributed by atoms with E-state index < -0.39 is 7.12 Å². The molecule has 0 unspecified atom stereocenters. The van der Waals surface area contributed by atoms with Crippen LogP contribution in [0.5, 0.6) is 0 Å². The van der Waals surface area contributed by atoms with Gasteiger partial charge in [-0.25, -0.2) is 9.97 Å². The van der Waals surface area contributed by atoms with Crippen LogP contribution >= 0.6 is 0 Å². The third-order valence-corrected chi connectivity index (χ3v) is 7.14. The summed E-state index contributed by atoms with van der Waals surface area (Å²) in [4.78, 5) is 9.98. The average Bonchev–Trinajstić information content (AvgIpc) is 3.35. The molecule has 6 aromatic rings. The molecule has 41 heavy (non-hydrogen) atoms. The highest BCUT2D eigenvalue weighted by molar-refractivity contribution is 6.59. The molecule has 0 atom stereocenters. The number of benzene rings is 4. The van der Waals surface area contributed by atoms with Crippen molar-refractivity contribution >= 4 is 40.0 Å². The largest absolute Gasteiger partial charge is 0.488 e. The molecule has 6 rings (SSSR count). The SMILES string of the molecule is C=C/C(=C\C=C/C)c1cc(-c2ccccc2)nc(-c2cccc(-n3c4ccccc4c4cc(B(O)O)ccc43)c2)n1. The molecular formula is C35H28BN3O2. The molecule has 198 valence electrons. The molecule has 0 radical (unpaired) electrons. The molecule has 0 spiro atoms. The van der Waals surface area contributed by atoms with E-state index in [-0.39, 0.29) is 0 Å². The smallest absolute Gasteiger partial charge is 0.423 e. The molecule has 0 bridgehead atoms. The predicted octanol–water partition coefficient (Wildman–Crippen LogP) is 6.73. The Hall–Kier alpha value is -5.04. The van der Waals surface area contributed by atoms with Crippen molar-refractivity contribution in [3.8, 4) is 28.3 Å². The van der Waals surface area contributed by atoms with Crippen LogP contribution in [0, 0.1) is 0 Å². The van der Waals surface area contributed by atoms with E-state index >= 15 is 0 Å². The fourth-order valence-electron chi connectivity index (χ4n) is 5.15. The van der Waals surface area contributed by atoms with Gasteiger partial charge in [-0.3, -0.25) is 0 Å². The van der Waals surface area contributed by atoms with E-state index in [0.717, 1.165) is 55.6 Å². The lowest BCUT2D eigenvalue weighted by molar-refractivity contribution is 0.426. The minimum Gasteiger partial charge on any atom is -0.423 e. The van der Waals surface area contributed by atoms with Crippen molar-refractivity contribution in [1.29, 1.82) is 0 Å². The fraction of sp³-hybridized carbons (Fsp3) is 0.0286. The number of hydrogen-bond donors (Lipinski definition) is 2. The molecule has 0 amide bonds. The number of fused-ring (bicyclic) bond motifs is 3. The van der Waals surface area contributed by atoms with Crippen molar-refractivity contribution in [2.75, 3.05) is 0 Å². The van der Waals surface area contributed by atoms with E-state index in [4.69, 9.17) is 9.97 Å². The standard InChI is InChI=1S/C35H28BN3O2/c1-3-5-12-24(4-2)31-23-32(25-13-7-6-8-14-25)38-35(37-31)26-15-11-16-28(21-26)39-33-18-10-9-17-29(33)30-22-27(36(40)41)19-20-34(30)39/h3-23,40-41H,2H2,1H3/b5-3-,24-12+. The Morgan fingerprint density at radius 2 is 1.54 bits per heavy atom. The van der Waals surface area contributed by atoms with Crippen molar-refractivity contribution in [2.24, 2.45) is 0 Å². The van der Waals surface area contributed by atoms with Gasteiger partial charge in [0.1, 0.15) is 0 Å². The Balaban J connectivity index is 1.56. The number of hydrogen-bond acceptors (Lipinski definition) is 4. The van der Waals surface area contributed by atoms with Gasteiger partial charge in [-0.2, -0.15) is 0 Å². The molecule has 0 saturated heterocycles. The molecule has 0 saturated carbocycles. The van der Waals surface area contributed by atoms with E-state index in [0.29, 0.717) is 11.3 Å². The van der Waals surface area contributed by atoms with Gasteiger partial charge in [0.2, 0.25) is 0 Å². The third-order valence-electron chi connectivity index (χ3n) is 7.14. The van der Waals surface area contributed by atoms with Crippen LogP contribution in [0.15, 0.2) is 134 Å². The quantitative estimate of drug-likeness (QED) is 0.176. The number of nitrogens with zero attached hydrogens (tertiary/aromatic N) is 3. The number of para-hydroxylation sites is 1. The maximum Gasteiger partial charge on any atom is 0.488 e. The topological polar surface area (TPSA) is 71.2 Å². The molecule has 2 aromatic heterocycles. The fourth-order valence-corrected chi connectivity index (χ4v) is 5.15. The second-order valence-electron chi connectivity index (χ2n) is 9.73. The lowest BCUT2D eigenvalue weighted by atomic mass is 9.80. The zero-order valence-electron chi connectivity index (χ0n) is 22.6. The van der Waals surface area contributed by atoms with Crippen LogP contribution in [-0.4, -0.2) is 31.7 Å². The summed E-state index contributed by atoms with van der Waals surface area (Å²) in [5, 5.41) is 21.6. The Kier molecular flexibility index (Phi) is 7.17. The summed E-state index contributed by atoms with van der Waals surface area (Å²) in [6.07, 6.45) is 7.77. The van der Waals surface area contributed by atoms with E-state index in [9.17, 15) is 10.0 Å². The Morgan fingerprint density at radius 1 is 0.780 bits per heavy atom. The molecule has 0 aliphatic rings. The monoisotopic (exact) mass is 533 g/mol. The van der Waals surface area contributed by atoms with Crippen LogP contribution in [0.25, 0.3) is 55.7 Å². The molecule has 6 heteroatoms. The highest BCUT2D eigenvalue weighted by atomic mass is 16.4. The molecule has 0 fully saturated rings. The van der Waals surface area contributed by atoms with Crippen molar-refractivity contribution in [3.63, 3.8) is 0 Å². The molecule has 2 heterocycles. The number of allylic oxidation sites excluding steroid dienone is 5. The second kappa shape index (κ2) is 11.2.